The molecule has 3 aromatic rings. The van der Waals surface area contributed by atoms with Crippen molar-refractivity contribution in [2.24, 2.45) is 0 Å². The molecule has 2 unspecified atom stereocenters. The largest absolute Gasteiger partial charge is 0.489 e. The fraction of sp³-hybridized carbons (Fsp3) is 0.379. The van der Waals surface area contributed by atoms with Gasteiger partial charge in [0.1, 0.15) is 23.4 Å². The first-order valence-electron chi connectivity index (χ1n) is 13.1. The third-order valence-electron chi connectivity index (χ3n) is 6.89. The third kappa shape index (κ3) is 6.86. The number of hydrogen-bond donors (Lipinski definition) is 2. The third-order valence-corrected chi connectivity index (χ3v) is 7.18. The molecule has 2 fully saturated rings. The Morgan fingerprint density at radius 1 is 1.12 bits per heavy atom. The van der Waals surface area contributed by atoms with Gasteiger partial charge in [0.2, 0.25) is 5.88 Å². The van der Waals surface area contributed by atoms with Gasteiger partial charge in [0.15, 0.2) is 0 Å². The molecular formula is C29H29ClF3N3O4. The molecule has 0 bridgehead atoms. The Morgan fingerprint density at radius 2 is 1.85 bits per heavy atom. The Morgan fingerprint density at radius 3 is 2.52 bits per heavy atom. The lowest BCUT2D eigenvalue weighted by molar-refractivity contribution is -0.149. The predicted octanol–water partition coefficient (Wildman–Crippen LogP) is 5.61. The minimum atomic E-state index is -3.97. The molecule has 1 saturated heterocycles. The summed E-state index contributed by atoms with van der Waals surface area (Å²) in [4.78, 5) is 18.9. The minimum Gasteiger partial charge on any atom is -0.489 e. The second kappa shape index (κ2) is 12.0. The topological polar surface area (TPSA) is 83.9 Å². The second-order valence-electron chi connectivity index (χ2n) is 10.1. The summed E-state index contributed by atoms with van der Waals surface area (Å²) in [6, 6.07) is 10.7. The van der Waals surface area contributed by atoms with Crippen LogP contribution in [0.2, 0.25) is 5.02 Å². The van der Waals surface area contributed by atoms with E-state index in [1.807, 2.05) is 4.90 Å². The highest BCUT2D eigenvalue weighted by Gasteiger charge is 2.43. The lowest BCUT2D eigenvalue weighted by Gasteiger charge is -2.30. The van der Waals surface area contributed by atoms with Crippen LogP contribution in [-0.2, 0) is 10.7 Å². The number of rotatable bonds is 11. The number of halogens is 4. The lowest BCUT2D eigenvalue weighted by Crippen LogP contribution is -2.51. The van der Waals surface area contributed by atoms with Crippen LogP contribution in [0.4, 0.5) is 13.2 Å². The van der Waals surface area contributed by atoms with Crippen molar-refractivity contribution in [2.45, 2.75) is 49.9 Å². The summed E-state index contributed by atoms with van der Waals surface area (Å²) in [5, 5.41) is 13.9. The first kappa shape index (κ1) is 28.2. The van der Waals surface area contributed by atoms with E-state index < -0.39 is 35.4 Å². The van der Waals surface area contributed by atoms with Crippen molar-refractivity contribution in [1.82, 2.24) is 15.2 Å². The van der Waals surface area contributed by atoms with Crippen molar-refractivity contribution < 1.29 is 32.5 Å². The fourth-order valence-corrected chi connectivity index (χ4v) is 4.77. The van der Waals surface area contributed by atoms with Crippen molar-refractivity contribution in [2.75, 3.05) is 19.6 Å². The highest BCUT2D eigenvalue weighted by molar-refractivity contribution is 6.32. The van der Waals surface area contributed by atoms with E-state index in [2.05, 4.69) is 10.3 Å². The molecule has 2 aromatic carbocycles. The summed E-state index contributed by atoms with van der Waals surface area (Å²) in [5.41, 5.74) is -0.268. The Balaban J connectivity index is 1.33. The van der Waals surface area contributed by atoms with Crippen molar-refractivity contribution in [3.8, 4) is 17.4 Å². The molecule has 1 saturated carbocycles. The quantitative estimate of drug-likeness (QED) is 0.309. The zero-order valence-electron chi connectivity index (χ0n) is 21.5. The molecule has 11 heteroatoms. The summed E-state index contributed by atoms with van der Waals surface area (Å²) in [6.45, 7) is 1.65. The summed E-state index contributed by atoms with van der Waals surface area (Å²) in [6.07, 6.45) is 3.72. The van der Waals surface area contributed by atoms with Crippen LogP contribution >= 0.6 is 11.6 Å². The molecule has 0 spiro atoms. The predicted molar refractivity (Wildman–Crippen MR) is 142 cm³/mol. The van der Waals surface area contributed by atoms with E-state index in [4.69, 9.17) is 21.1 Å². The fourth-order valence-electron chi connectivity index (χ4n) is 4.54. The molecule has 5 rings (SSSR count). The van der Waals surface area contributed by atoms with Crippen LogP contribution in [0.25, 0.3) is 0 Å². The molecule has 2 heterocycles. The molecule has 7 nitrogen and oxygen atoms in total. The van der Waals surface area contributed by atoms with Crippen LogP contribution < -0.4 is 14.8 Å². The van der Waals surface area contributed by atoms with E-state index in [0.29, 0.717) is 16.3 Å². The van der Waals surface area contributed by atoms with Crippen molar-refractivity contribution in [3.63, 3.8) is 0 Å². The van der Waals surface area contributed by atoms with Crippen LogP contribution in [0.3, 0.4) is 0 Å². The van der Waals surface area contributed by atoms with Gasteiger partial charge in [-0.1, -0.05) is 17.7 Å². The van der Waals surface area contributed by atoms with Gasteiger partial charge < -0.3 is 24.8 Å². The maximum Gasteiger partial charge on any atom is 0.350 e. The van der Waals surface area contributed by atoms with Gasteiger partial charge >= 0.3 is 5.92 Å². The minimum absolute atomic E-state index is 0.132. The summed E-state index contributed by atoms with van der Waals surface area (Å²) in [7, 11) is 0. The van der Waals surface area contributed by atoms with Gasteiger partial charge in [-0.2, -0.15) is 8.78 Å². The molecule has 1 aromatic heterocycles. The van der Waals surface area contributed by atoms with Gasteiger partial charge in [-0.25, -0.2) is 9.37 Å². The Bertz CT molecular complexity index is 1330. The molecule has 40 heavy (non-hydrogen) atoms. The number of pyridine rings is 1. The van der Waals surface area contributed by atoms with Gasteiger partial charge in [-0.3, -0.25) is 4.79 Å². The van der Waals surface area contributed by atoms with Crippen LogP contribution in [-0.4, -0.2) is 52.7 Å². The van der Waals surface area contributed by atoms with E-state index in [0.717, 1.165) is 69.2 Å². The number of nitrogens with one attached hydrogen (secondary N) is 1. The van der Waals surface area contributed by atoms with E-state index >= 15 is 8.78 Å². The number of amides is 1. The second-order valence-corrected chi connectivity index (χ2v) is 10.5. The van der Waals surface area contributed by atoms with E-state index in [1.165, 1.54) is 18.2 Å². The first-order valence-corrected chi connectivity index (χ1v) is 13.5. The number of aliphatic hydroxyl groups excluding tert-OH is 1. The normalized spacial score (nSPS) is 17.3. The molecule has 2 atom stereocenters. The monoisotopic (exact) mass is 575 g/mol. The van der Waals surface area contributed by atoms with Gasteiger partial charge in [0, 0.05) is 24.4 Å². The molecule has 1 aliphatic carbocycles. The number of hydrogen-bond acceptors (Lipinski definition) is 6. The van der Waals surface area contributed by atoms with Gasteiger partial charge in [-0.05, 0) is 86.8 Å². The number of benzene rings is 2. The number of nitrogens with zero attached hydrogens (tertiary/aromatic N) is 2. The average molecular weight is 576 g/mol. The van der Waals surface area contributed by atoms with E-state index in [9.17, 15) is 14.3 Å². The van der Waals surface area contributed by atoms with Crippen molar-refractivity contribution >= 4 is 17.5 Å². The van der Waals surface area contributed by atoms with E-state index in [1.54, 1.807) is 12.1 Å². The van der Waals surface area contributed by atoms with Crippen LogP contribution in [0, 0.1) is 5.82 Å². The standard InChI is InChI=1S/C29H29ClF3N3O4/c30-23-15-18(3-10-25(23)39-21-8-9-21)27(37)24(17-36-13-1-2-14-36)35-28(38)29(32,33)19-11-12-34-26(16-19)40-22-6-4-20(31)5-7-22/h3-7,10-12,15-16,21,24,27,37H,1-2,8-9,13-14,17H2,(H,35,38). The maximum atomic E-state index is 15.4. The van der Waals surface area contributed by atoms with Crippen molar-refractivity contribution in [1.29, 1.82) is 0 Å². The number of aliphatic hydroxyl groups is 1. The number of aromatic nitrogens is 1. The first-order chi connectivity index (χ1) is 19.2. The number of carbonyl (C=O) groups is 1. The van der Waals surface area contributed by atoms with E-state index in [-0.39, 0.29) is 24.3 Å². The molecule has 212 valence electrons. The van der Waals surface area contributed by atoms with Crippen LogP contribution in [0.15, 0.2) is 60.8 Å². The maximum absolute atomic E-state index is 15.4. The number of likely N-dealkylation sites (tertiary alicyclic amines) is 1. The highest BCUT2D eigenvalue weighted by Crippen LogP contribution is 2.35. The molecule has 0 radical (unpaired) electrons. The molecule has 2 N–H and O–H groups in total. The number of ether oxygens (including phenoxy) is 2. The summed E-state index contributed by atoms with van der Waals surface area (Å²) < 4.78 is 55.2. The van der Waals surface area contributed by atoms with Gasteiger partial charge in [-0.15, -0.1) is 0 Å². The Kier molecular flexibility index (Phi) is 8.48. The van der Waals surface area contributed by atoms with Gasteiger partial charge in [0.05, 0.1) is 17.2 Å². The smallest absolute Gasteiger partial charge is 0.350 e. The zero-order valence-corrected chi connectivity index (χ0v) is 22.3. The lowest BCUT2D eigenvalue weighted by atomic mass is 10.0. The summed E-state index contributed by atoms with van der Waals surface area (Å²) in [5.74, 6) is -5.52. The van der Waals surface area contributed by atoms with Gasteiger partial charge in [0.25, 0.3) is 5.91 Å². The Labute approximate surface area is 234 Å². The summed E-state index contributed by atoms with van der Waals surface area (Å²) >= 11 is 6.37. The highest BCUT2D eigenvalue weighted by atomic mass is 35.5. The average Bonchev–Trinajstić information content (AvgIpc) is 3.61. The molecular weight excluding hydrogens is 547 g/mol. The SMILES string of the molecule is O=C(NC(CN1CCCC1)C(O)c1ccc(OC2CC2)c(Cl)c1)C(F)(F)c1ccnc(Oc2ccc(F)cc2)c1. The number of alkyl halides is 2. The van der Waals surface area contributed by atoms with Crippen LogP contribution in [0.1, 0.15) is 42.9 Å². The zero-order chi connectivity index (χ0) is 28.3. The Hall–Kier alpha value is -3.34. The number of carbonyl (C=O) groups excluding carboxylic acids is 1. The molecule has 1 amide bonds. The van der Waals surface area contributed by atoms with Crippen LogP contribution in [0.5, 0.6) is 17.4 Å². The molecule has 2 aliphatic rings. The van der Waals surface area contributed by atoms with Crippen molar-refractivity contribution in [3.05, 3.63) is 82.8 Å². The molecule has 1 aliphatic heterocycles.